The Kier molecular flexibility index (Phi) is 7.41. The van der Waals surface area contributed by atoms with Crippen LogP contribution >= 0.6 is 0 Å². The number of hydrogen-bond donors (Lipinski definition) is 0. The number of hydrogen-bond acceptors (Lipinski definition) is 4. The van der Waals surface area contributed by atoms with E-state index in [0.717, 1.165) is 51.2 Å². The van der Waals surface area contributed by atoms with Crippen LogP contribution in [-0.2, 0) is 19.1 Å². The molecule has 1 heterocycles. The minimum absolute atomic E-state index is 0.137. The summed E-state index contributed by atoms with van der Waals surface area (Å²) in [7, 11) is 0. The van der Waals surface area contributed by atoms with Crippen molar-refractivity contribution in [1.82, 2.24) is 0 Å². The first-order chi connectivity index (χ1) is 9.17. The highest BCUT2D eigenvalue weighted by Gasteiger charge is 2.27. The van der Waals surface area contributed by atoms with Crippen LogP contribution in [0, 0.1) is 5.92 Å². The lowest BCUT2D eigenvalue weighted by Gasteiger charge is -2.18. The lowest BCUT2D eigenvalue weighted by molar-refractivity contribution is -0.160. The average molecular weight is 268 g/mol. The molecule has 2 atom stereocenters. The molecule has 4 nitrogen and oxygen atoms in total. The summed E-state index contributed by atoms with van der Waals surface area (Å²) in [5, 5.41) is 0. The van der Waals surface area contributed by atoms with Gasteiger partial charge in [-0.25, -0.2) is 4.79 Å². The van der Waals surface area contributed by atoms with Gasteiger partial charge in [-0.1, -0.05) is 32.8 Å². The van der Waals surface area contributed by atoms with Gasteiger partial charge in [0, 0.05) is 12.7 Å². The first kappa shape index (κ1) is 15.9. The number of unbranched alkanes of at least 4 members (excludes halogenated alkanes) is 2. The maximum Gasteiger partial charge on any atom is 0.337 e. The fourth-order valence-electron chi connectivity index (χ4n) is 2.34. The van der Waals surface area contributed by atoms with Crippen LogP contribution in [-0.4, -0.2) is 24.6 Å². The van der Waals surface area contributed by atoms with E-state index in [0.29, 0.717) is 6.42 Å². The van der Waals surface area contributed by atoms with Gasteiger partial charge >= 0.3 is 11.9 Å². The van der Waals surface area contributed by atoms with E-state index in [1.54, 1.807) is 0 Å². The molecule has 1 saturated heterocycles. The fraction of sp³-hybridized carbons (Fsp3) is 0.733. The van der Waals surface area contributed by atoms with Crippen molar-refractivity contribution in [2.45, 2.75) is 58.0 Å². The number of rotatable bonds is 8. The minimum atomic E-state index is -0.669. The van der Waals surface area contributed by atoms with Crippen LogP contribution in [0.2, 0.25) is 0 Å². The second-order valence-electron chi connectivity index (χ2n) is 5.01. The van der Waals surface area contributed by atoms with Gasteiger partial charge in [0.05, 0.1) is 12.0 Å². The Morgan fingerprint density at radius 3 is 2.84 bits per heavy atom. The highest BCUT2D eigenvalue weighted by molar-refractivity contribution is 5.92. The fourth-order valence-corrected chi connectivity index (χ4v) is 2.34. The third kappa shape index (κ3) is 6.01. The zero-order chi connectivity index (χ0) is 14.1. The highest BCUT2D eigenvalue weighted by Crippen LogP contribution is 2.24. The van der Waals surface area contributed by atoms with Crippen molar-refractivity contribution in [3.63, 3.8) is 0 Å². The predicted octanol–water partition coefficient (Wildman–Crippen LogP) is 3.01. The Morgan fingerprint density at radius 1 is 1.47 bits per heavy atom. The van der Waals surface area contributed by atoms with Crippen LogP contribution in [0.1, 0.15) is 51.9 Å². The molecule has 19 heavy (non-hydrogen) atoms. The molecule has 2 unspecified atom stereocenters. The average Bonchev–Trinajstić information content (AvgIpc) is 2.90. The summed E-state index contributed by atoms with van der Waals surface area (Å²) in [4.78, 5) is 23.0. The maximum atomic E-state index is 11.9. The van der Waals surface area contributed by atoms with Gasteiger partial charge in [0.25, 0.3) is 0 Å². The van der Waals surface area contributed by atoms with E-state index in [-0.39, 0.29) is 12.0 Å². The standard InChI is InChI=1S/C15H24O4/c1-3-5-6-8-12(11-13-9-7-10-18-13)15(17)19-14(16)4-2/h4,12-13H,2-3,5-11H2,1H3. The molecule has 0 aromatic rings. The van der Waals surface area contributed by atoms with Crippen molar-refractivity contribution in [3.8, 4) is 0 Å². The van der Waals surface area contributed by atoms with Gasteiger partial charge in [-0.3, -0.25) is 4.79 Å². The molecule has 0 N–H and O–H groups in total. The zero-order valence-corrected chi connectivity index (χ0v) is 11.7. The van der Waals surface area contributed by atoms with Gasteiger partial charge in [-0.2, -0.15) is 0 Å². The monoisotopic (exact) mass is 268 g/mol. The molecule has 1 aliphatic rings. The molecule has 4 heteroatoms. The molecule has 1 aliphatic heterocycles. The first-order valence-electron chi connectivity index (χ1n) is 7.17. The van der Waals surface area contributed by atoms with Gasteiger partial charge in [-0.05, 0) is 25.7 Å². The summed E-state index contributed by atoms with van der Waals surface area (Å²) in [5.41, 5.74) is 0. The molecule has 1 rings (SSSR count). The molecule has 0 aromatic carbocycles. The second kappa shape index (κ2) is 8.86. The molecule has 0 aromatic heterocycles. The van der Waals surface area contributed by atoms with E-state index < -0.39 is 11.9 Å². The molecule has 0 saturated carbocycles. The summed E-state index contributed by atoms with van der Waals surface area (Å²) in [6, 6.07) is 0. The normalized spacial score (nSPS) is 19.9. The summed E-state index contributed by atoms with van der Waals surface area (Å²) in [6.45, 7) is 6.19. The number of carbonyl (C=O) groups is 2. The largest absolute Gasteiger partial charge is 0.390 e. The zero-order valence-electron chi connectivity index (χ0n) is 11.7. The van der Waals surface area contributed by atoms with Crippen LogP contribution in [0.15, 0.2) is 12.7 Å². The molecule has 1 fully saturated rings. The summed E-state index contributed by atoms with van der Waals surface area (Å²) in [5.74, 6) is -1.34. The second-order valence-corrected chi connectivity index (χ2v) is 5.01. The van der Waals surface area contributed by atoms with Crippen molar-refractivity contribution in [2.75, 3.05) is 6.61 Å². The lowest BCUT2D eigenvalue weighted by atomic mass is 9.94. The van der Waals surface area contributed by atoms with Crippen molar-refractivity contribution >= 4 is 11.9 Å². The minimum Gasteiger partial charge on any atom is -0.390 e. The van der Waals surface area contributed by atoms with E-state index in [1.165, 1.54) is 0 Å². The van der Waals surface area contributed by atoms with Crippen molar-refractivity contribution < 1.29 is 19.1 Å². The van der Waals surface area contributed by atoms with Crippen LogP contribution in [0.25, 0.3) is 0 Å². The van der Waals surface area contributed by atoms with Crippen LogP contribution in [0.5, 0.6) is 0 Å². The van der Waals surface area contributed by atoms with Crippen LogP contribution < -0.4 is 0 Å². The summed E-state index contributed by atoms with van der Waals surface area (Å²) in [6.07, 6.45) is 7.79. The topological polar surface area (TPSA) is 52.6 Å². The van der Waals surface area contributed by atoms with Crippen LogP contribution in [0.3, 0.4) is 0 Å². The van der Waals surface area contributed by atoms with Crippen molar-refractivity contribution in [3.05, 3.63) is 12.7 Å². The van der Waals surface area contributed by atoms with Gasteiger partial charge in [-0.15, -0.1) is 0 Å². The Morgan fingerprint density at radius 2 is 2.26 bits per heavy atom. The van der Waals surface area contributed by atoms with E-state index in [1.807, 2.05) is 0 Å². The molecule has 0 aliphatic carbocycles. The van der Waals surface area contributed by atoms with Crippen LogP contribution in [0.4, 0.5) is 0 Å². The number of carbonyl (C=O) groups excluding carboxylic acids is 2. The predicted molar refractivity (Wildman–Crippen MR) is 72.5 cm³/mol. The molecular weight excluding hydrogens is 244 g/mol. The van der Waals surface area contributed by atoms with Gasteiger partial charge < -0.3 is 9.47 Å². The third-order valence-corrected chi connectivity index (χ3v) is 3.43. The van der Waals surface area contributed by atoms with E-state index in [2.05, 4.69) is 13.5 Å². The van der Waals surface area contributed by atoms with Gasteiger partial charge in [0.15, 0.2) is 0 Å². The lowest BCUT2D eigenvalue weighted by Crippen LogP contribution is -2.24. The SMILES string of the molecule is C=CC(=O)OC(=O)C(CCCCC)CC1CCCO1. The maximum absolute atomic E-state index is 11.9. The van der Waals surface area contributed by atoms with Crippen molar-refractivity contribution in [1.29, 1.82) is 0 Å². The quantitative estimate of drug-likeness (QED) is 0.294. The van der Waals surface area contributed by atoms with E-state index in [9.17, 15) is 9.59 Å². The van der Waals surface area contributed by atoms with Gasteiger partial charge in [0.1, 0.15) is 0 Å². The Hall–Kier alpha value is -1.16. The molecule has 0 amide bonds. The van der Waals surface area contributed by atoms with E-state index in [4.69, 9.17) is 9.47 Å². The summed E-state index contributed by atoms with van der Waals surface area (Å²) < 4.78 is 10.3. The Labute approximate surface area is 115 Å². The van der Waals surface area contributed by atoms with Crippen molar-refractivity contribution in [2.24, 2.45) is 5.92 Å². The smallest absolute Gasteiger partial charge is 0.337 e. The number of esters is 2. The molecule has 0 bridgehead atoms. The molecule has 0 spiro atoms. The highest BCUT2D eigenvalue weighted by atomic mass is 16.6. The molecular formula is C15H24O4. The van der Waals surface area contributed by atoms with E-state index >= 15 is 0 Å². The molecule has 108 valence electrons. The Bertz CT molecular complexity index is 305. The third-order valence-electron chi connectivity index (χ3n) is 3.43. The first-order valence-corrected chi connectivity index (χ1v) is 7.17. The Balaban J connectivity index is 2.48. The molecule has 0 radical (unpaired) electrons. The van der Waals surface area contributed by atoms with Gasteiger partial charge in [0.2, 0.25) is 0 Å². The number of ether oxygens (including phenoxy) is 2. The summed E-state index contributed by atoms with van der Waals surface area (Å²) >= 11 is 0.